The highest BCUT2D eigenvalue weighted by Crippen LogP contribution is 2.34. The molecule has 0 aliphatic carbocycles. The summed E-state index contributed by atoms with van der Waals surface area (Å²) in [6.07, 6.45) is 1.75. The number of aromatic nitrogens is 1. The molecule has 1 atom stereocenters. The highest BCUT2D eigenvalue weighted by Gasteiger charge is 2.34. The van der Waals surface area contributed by atoms with Crippen LogP contribution in [0.2, 0.25) is 5.02 Å². The monoisotopic (exact) mass is 589 g/mol. The first-order chi connectivity index (χ1) is 19.8. The molecular formula is C30H24ClN3O6S. The summed E-state index contributed by atoms with van der Waals surface area (Å²) in [4.78, 5) is 42.3. The molecule has 208 valence electrons. The summed E-state index contributed by atoms with van der Waals surface area (Å²) in [5, 5.41) is 11.3. The molecule has 41 heavy (non-hydrogen) atoms. The van der Waals surface area contributed by atoms with Crippen LogP contribution in [0.3, 0.4) is 0 Å². The van der Waals surface area contributed by atoms with Gasteiger partial charge in [0.25, 0.3) is 11.2 Å². The van der Waals surface area contributed by atoms with Gasteiger partial charge in [-0.2, -0.15) is 0 Å². The number of carbonyl (C=O) groups is 1. The summed E-state index contributed by atoms with van der Waals surface area (Å²) < 4.78 is 13.1. The summed E-state index contributed by atoms with van der Waals surface area (Å²) in [7, 11) is 0. The van der Waals surface area contributed by atoms with Crippen molar-refractivity contribution in [1.29, 1.82) is 0 Å². The van der Waals surface area contributed by atoms with E-state index in [1.54, 1.807) is 68.5 Å². The highest BCUT2D eigenvalue weighted by molar-refractivity contribution is 7.07. The van der Waals surface area contributed by atoms with Crippen LogP contribution in [0.5, 0.6) is 5.75 Å². The molecule has 4 aromatic rings. The zero-order valence-electron chi connectivity index (χ0n) is 22.1. The number of esters is 1. The first kappa shape index (κ1) is 28.0. The number of hydrogen-bond acceptors (Lipinski definition) is 8. The Hall–Kier alpha value is -4.54. The molecule has 5 rings (SSSR count). The zero-order valence-corrected chi connectivity index (χ0v) is 23.6. The number of halogens is 1. The standard InChI is InChI=1S/C30H24ClN3O6S/c1-3-39-29(36)26-18(2)32-30-33(27(26)23-9-4-5-10-24(23)31)28(35)25(41-30)16-20-7-6-8-22(15-20)40-17-19-11-13-21(14-12-19)34(37)38/h4-16,27H,3,17H2,1-2H3/b25-16-. The fraction of sp³-hybridized carbons (Fsp3) is 0.167. The van der Waals surface area contributed by atoms with Gasteiger partial charge < -0.3 is 9.47 Å². The number of carbonyl (C=O) groups excluding carboxylic acids is 1. The van der Waals surface area contributed by atoms with E-state index in [2.05, 4.69) is 4.99 Å². The van der Waals surface area contributed by atoms with Gasteiger partial charge in [0.15, 0.2) is 4.80 Å². The minimum Gasteiger partial charge on any atom is -0.489 e. The third-order valence-electron chi connectivity index (χ3n) is 6.43. The smallest absolute Gasteiger partial charge is 0.338 e. The van der Waals surface area contributed by atoms with Crippen molar-refractivity contribution < 1.29 is 19.2 Å². The Bertz CT molecular complexity index is 1860. The van der Waals surface area contributed by atoms with Gasteiger partial charge in [0.05, 0.1) is 27.3 Å². The molecule has 1 aromatic heterocycles. The number of ether oxygens (including phenoxy) is 2. The predicted octanol–water partition coefficient (Wildman–Crippen LogP) is 4.94. The molecule has 0 radical (unpaired) electrons. The van der Waals surface area contributed by atoms with Crippen molar-refractivity contribution in [2.45, 2.75) is 26.5 Å². The Balaban J connectivity index is 1.51. The Morgan fingerprint density at radius 2 is 1.90 bits per heavy atom. The lowest BCUT2D eigenvalue weighted by Crippen LogP contribution is -2.40. The van der Waals surface area contributed by atoms with E-state index in [1.165, 1.54) is 28.0 Å². The maximum atomic E-state index is 13.8. The molecule has 0 saturated carbocycles. The number of benzene rings is 3. The van der Waals surface area contributed by atoms with Crippen LogP contribution in [-0.2, 0) is 16.1 Å². The maximum Gasteiger partial charge on any atom is 0.338 e. The topological polar surface area (TPSA) is 113 Å². The predicted molar refractivity (Wildman–Crippen MR) is 156 cm³/mol. The molecule has 1 aliphatic rings. The van der Waals surface area contributed by atoms with Gasteiger partial charge in [0.2, 0.25) is 0 Å². The SMILES string of the molecule is CCOC(=O)C1=C(C)N=c2s/c(=C\c3cccc(OCc4ccc([N+](=O)[O-])cc4)c3)c(=O)n2C1c1ccccc1Cl. The van der Waals surface area contributed by atoms with Crippen molar-refractivity contribution >= 4 is 40.7 Å². The van der Waals surface area contributed by atoms with Crippen molar-refractivity contribution in [2.75, 3.05) is 6.61 Å². The van der Waals surface area contributed by atoms with E-state index in [9.17, 15) is 19.7 Å². The van der Waals surface area contributed by atoms with Gasteiger partial charge in [-0.15, -0.1) is 0 Å². The second-order valence-electron chi connectivity index (χ2n) is 9.11. The van der Waals surface area contributed by atoms with Crippen molar-refractivity contribution in [3.05, 3.63) is 136 Å². The Kier molecular flexibility index (Phi) is 8.14. The molecule has 0 fully saturated rings. The third kappa shape index (κ3) is 5.84. The first-order valence-corrected chi connectivity index (χ1v) is 13.9. The van der Waals surface area contributed by atoms with E-state index in [1.807, 2.05) is 12.1 Å². The highest BCUT2D eigenvalue weighted by atomic mass is 35.5. The van der Waals surface area contributed by atoms with Crippen molar-refractivity contribution in [3.8, 4) is 5.75 Å². The molecule has 0 amide bonds. The fourth-order valence-electron chi connectivity index (χ4n) is 4.51. The summed E-state index contributed by atoms with van der Waals surface area (Å²) in [5.74, 6) is 0.0186. The van der Waals surface area contributed by atoms with Crippen molar-refractivity contribution in [3.63, 3.8) is 0 Å². The van der Waals surface area contributed by atoms with Crippen LogP contribution < -0.4 is 19.6 Å². The number of nitro benzene ring substituents is 1. The van der Waals surface area contributed by atoms with E-state index in [-0.39, 0.29) is 30.0 Å². The Morgan fingerprint density at radius 3 is 2.61 bits per heavy atom. The zero-order chi connectivity index (χ0) is 29.1. The van der Waals surface area contributed by atoms with E-state index >= 15 is 0 Å². The summed E-state index contributed by atoms with van der Waals surface area (Å²) >= 11 is 7.77. The molecule has 0 spiro atoms. The summed E-state index contributed by atoms with van der Waals surface area (Å²) in [6, 6.07) is 19.7. The molecule has 9 nitrogen and oxygen atoms in total. The molecule has 1 aliphatic heterocycles. The van der Waals surface area contributed by atoms with Gasteiger partial charge >= 0.3 is 5.97 Å². The first-order valence-electron chi connectivity index (χ1n) is 12.7. The van der Waals surface area contributed by atoms with Crippen LogP contribution in [-0.4, -0.2) is 22.1 Å². The van der Waals surface area contributed by atoms with Gasteiger partial charge in [0.1, 0.15) is 18.4 Å². The third-order valence-corrected chi connectivity index (χ3v) is 7.75. The Morgan fingerprint density at radius 1 is 1.15 bits per heavy atom. The van der Waals surface area contributed by atoms with Crippen LogP contribution >= 0.6 is 22.9 Å². The molecule has 0 saturated heterocycles. The fourth-order valence-corrected chi connectivity index (χ4v) is 5.79. The molecule has 0 bridgehead atoms. The van der Waals surface area contributed by atoms with E-state index in [0.717, 1.165) is 11.1 Å². The average Bonchev–Trinajstić information content (AvgIpc) is 3.26. The van der Waals surface area contributed by atoms with Crippen molar-refractivity contribution in [2.24, 2.45) is 4.99 Å². The molecular weight excluding hydrogens is 566 g/mol. The second-order valence-corrected chi connectivity index (χ2v) is 10.5. The van der Waals surface area contributed by atoms with Gasteiger partial charge in [-0.05, 0) is 66.9 Å². The quantitative estimate of drug-likeness (QED) is 0.163. The minimum atomic E-state index is -0.794. The lowest BCUT2D eigenvalue weighted by molar-refractivity contribution is -0.384. The number of allylic oxidation sites excluding steroid dienone is 1. The summed E-state index contributed by atoms with van der Waals surface area (Å²) in [6.45, 7) is 3.84. The van der Waals surface area contributed by atoms with Crippen LogP contribution in [0.1, 0.15) is 36.6 Å². The number of fused-ring (bicyclic) bond motifs is 1. The Labute approximate surface area is 243 Å². The molecule has 2 heterocycles. The van der Waals surface area contributed by atoms with E-state index in [0.29, 0.717) is 31.4 Å². The van der Waals surface area contributed by atoms with Crippen LogP contribution in [0.25, 0.3) is 6.08 Å². The van der Waals surface area contributed by atoms with Crippen molar-refractivity contribution in [1.82, 2.24) is 4.57 Å². The second kappa shape index (κ2) is 11.9. The molecule has 3 aromatic carbocycles. The number of nitrogens with zero attached hydrogens (tertiary/aromatic N) is 3. The van der Waals surface area contributed by atoms with Crippen LogP contribution in [0.4, 0.5) is 5.69 Å². The largest absolute Gasteiger partial charge is 0.489 e. The van der Waals surface area contributed by atoms with Gasteiger partial charge in [-0.1, -0.05) is 53.3 Å². The maximum absolute atomic E-state index is 13.8. The molecule has 1 unspecified atom stereocenters. The van der Waals surface area contributed by atoms with Gasteiger partial charge in [0, 0.05) is 17.2 Å². The number of nitro groups is 1. The minimum absolute atomic E-state index is 0.0126. The normalized spacial score (nSPS) is 14.8. The number of hydrogen-bond donors (Lipinski definition) is 0. The number of non-ortho nitro benzene ring substituents is 1. The number of rotatable bonds is 8. The van der Waals surface area contributed by atoms with Gasteiger partial charge in [-0.3, -0.25) is 19.5 Å². The molecule has 11 heteroatoms. The van der Waals surface area contributed by atoms with Gasteiger partial charge in [-0.25, -0.2) is 9.79 Å². The molecule has 0 N–H and O–H groups in total. The van der Waals surface area contributed by atoms with Crippen LogP contribution in [0.15, 0.2) is 93.9 Å². The summed E-state index contributed by atoms with van der Waals surface area (Å²) in [5.41, 5.74) is 2.53. The lowest BCUT2D eigenvalue weighted by Gasteiger charge is -2.25. The average molecular weight is 590 g/mol. The van der Waals surface area contributed by atoms with Crippen LogP contribution in [0, 0.1) is 10.1 Å². The number of thiazole rings is 1. The van der Waals surface area contributed by atoms with E-state index < -0.39 is 16.9 Å². The lowest BCUT2D eigenvalue weighted by atomic mass is 9.96. The van der Waals surface area contributed by atoms with E-state index in [4.69, 9.17) is 21.1 Å².